The van der Waals surface area contributed by atoms with Crippen LogP contribution in [0.3, 0.4) is 0 Å². The van der Waals surface area contributed by atoms with Gasteiger partial charge in [0.05, 0.1) is 16.5 Å². The number of ether oxygens (including phenoxy) is 1. The van der Waals surface area contributed by atoms with E-state index in [0.717, 1.165) is 35.4 Å². The summed E-state index contributed by atoms with van der Waals surface area (Å²) in [5.74, 6) is -0.303. The Morgan fingerprint density at radius 3 is 2.75 bits per heavy atom. The second-order valence-electron chi connectivity index (χ2n) is 4.62. The molecule has 0 aliphatic carbocycles. The molecule has 1 nitrogen and oxygen atoms in total. The SMILES string of the molecule is Fc1cc(C(Br)c2ccc3c(c2)CCO3)c(F)cc1Cl. The van der Waals surface area contributed by atoms with Crippen molar-refractivity contribution in [2.45, 2.75) is 11.2 Å². The minimum atomic E-state index is -0.628. The van der Waals surface area contributed by atoms with Gasteiger partial charge in [-0.05, 0) is 29.3 Å². The monoisotopic (exact) mass is 358 g/mol. The van der Waals surface area contributed by atoms with Crippen molar-refractivity contribution in [2.75, 3.05) is 6.61 Å². The lowest BCUT2D eigenvalue weighted by Gasteiger charge is -2.13. The van der Waals surface area contributed by atoms with Crippen LogP contribution in [0.15, 0.2) is 30.3 Å². The Morgan fingerprint density at radius 1 is 1.15 bits per heavy atom. The fraction of sp³-hybridized carbons (Fsp3) is 0.200. The molecular weight excluding hydrogens is 350 g/mol. The van der Waals surface area contributed by atoms with E-state index in [1.807, 2.05) is 18.2 Å². The first kappa shape index (κ1) is 13.8. The van der Waals surface area contributed by atoms with Crippen LogP contribution in [0.1, 0.15) is 21.5 Å². The number of fused-ring (bicyclic) bond motifs is 1. The molecule has 1 aliphatic heterocycles. The van der Waals surface area contributed by atoms with Crippen molar-refractivity contribution in [3.63, 3.8) is 0 Å². The van der Waals surface area contributed by atoms with Crippen molar-refractivity contribution in [3.05, 3.63) is 63.7 Å². The van der Waals surface area contributed by atoms with Crippen LogP contribution in [-0.4, -0.2) is 6.61 Å². The summed E-state index contributed by atoms with van der Waals surface area (Å²) in [6, 6.07) is 7.77. The molecule has 5 heteroatoms. The van der Waals surface area contributed by atoms with Gasteiger partial charge in [-0.3, -0.25) is 0 Å². The van der Waals surface area contributed by atoms with Gasteiger partial charge in [0.25, 0.3) is 0 Å². The molecule has 0 amide bonds. The molecule has 1 atom stereocenters. The molecule has 20 heavy (non-hydrogen) atoms. The number of rotatable bonds is 2. The van der Waals surface area contributed by atoms with Gasteiger partial charge in [-0.15, -0.1) is 0 Å². The minimum absolute atomic E-state index is 0.215. The Bertz CT molecular complexity index is 675. The Hall–Kier alpha value is -1.13. The summed E-state index contributed by atoms with van der Waals surface area (Å²) in [5, 5.41) is -0.215. The summed E-state index contributed by atoms with van der Waals surface area (Å²) in [6.45, 7) is 0.662. The van der Waals surface area contributed by atoms with Crippen molar-refractivity contribution in [3.8, 4) is 5.75 Å². The number of hydrogen-bond acceptors (Lipinski definition) is 1. The third-order valence-corrected chi connectivity index (χ3v) is 4.63. The quantitative estimate of drug-likeness (QED) is 0.539. The maximum Gasteiger partial charge on any atom is 0.142 e. The summed E-state index contributed by atoms with van der Waals surface area (Å²) in [5.41, 5.74) is 2.17. The first-order valence-electron chi connectivity index (χ1n) is 6.10. The molecule has 2 aromatic carbocycles. The highest BCUT2D eigenvalue weighted by Gasteiger charge is 2.20. The van der Waals surface area contributed by atoms with Crippen molar-refractivity contribution in [1.29, 1.82) is 0 Å². The number of benzene rings is 2. The first-order chi connectivity index (χ1) is 9.56. The maximum atomic E-state index is 13.9. The zero-order valence-electron chi connectivity index (χ0n) is 10.3. The molecule has 0 radical (unpaired) electrons. The molecule has 0 saturated carbocycles. The molecule has 0 bridgehead atoms. The summed E-state index contributed by atoms with van der Waals surface area (Å²) in [7, 11) is 0. The summed E-state index contributed by atoms with van der Waals surface area (Å²) in [6.07, 6.45) is 0.834. The predicted molar refractivity (Wildman–Crippen MR) is 77.8 cm³/mol. The lowest BCUT2D eigenvalue weighted by molar-refractivity contribution is 0.357. The summed E-state index contributed by atoms with van der Waals surface area (Å²) in [4.78, 5) is -0.430. The number of hydrogen-bond donors (Lipinski definition) is 0. The van der Waals surface area contributed by atoms with Gasteiger partial charge in [0.2, 0.25) is 0 Å². The van der Waals surface area contributed by atoms with Gasteiger partial charge in [-0.25, -0.2) is 8.78 Å². The Labute approximate surface area is 128 Å². The van der Waals surface area contributed by atoms with Gasteiger partial charge < -0.3 is 4.74 Å². The predicted octanol–water partition coefficient (Wildman–Crippen LogP) is 5.04. The molecule has 0 saturated heterocycles. The van der Waals surface area contributed by atoms with Crippen molar-refractivity contribution in [2.24, 2.45) is 0 Å². The van der Waals surface area contributed by atoms with E-state index in [0.29, 0.717) is 6.61 Å². The van der Waals surface area contributed by atoms with Crippen LogP contribution in [-0.2, 0) is 6.42 Å². The van der Waals surface area contributed by atoms with Crippen LogP contribution < -0.4 is 4.74 Å². The molecule has 104 valence electrons. The standard InChI is InChI=1S/C15H10BrClF2O/c16-15(10-6-13(19)11(17)7-12(10)18)9-1-2-14-8(5-9)3-4-20-14/h1-2,5-7,15H,3-4H2. The fourth-order valence-corrected chi connectivity index (χ4v) is 3.06. The van der Waals surface area contributed by atoms with Crippen LogP contribution >= 0.6 is 27.5 Å². The van der Waals surface area contributed by atoms with Gasteiger partial charge >= 0.3 is 0 Å². The third-order valence-electron chi connectivity index (χ3n) is 3.32. The molecule has 0 aromatic heterocycles. The number of halogens is 4. The van der Waals surface area contributed by atoms with E-state index >= 15 is 0 Å². The zero-order chi connectivity index (χ0) is 14.3. The molecule has 0 N–H and O–H groups in total. The molecule has 1 aliphatic rings. The Morgan fingerprint density at radius 2 is 1.95 bits per heavy atom. The fourth-order valence-electron chi connectivity index (χ4n) is 2.28. The molecule has 1 unspecified atom stereocenters. The second kappa shape index (κ2) is 5.34. The van der Waals surface area contributed by atoms with E-state index in [-0.39, 0.29) is 10.6 Å². The topological polar surface area (TPSA) is 9.23 Å². The highest BCUT2D eigenvalue weighted by atomic mass is 79.9. The number of alkyl halides is 1. The van der Waals surface area contributed by atoms with E-state index in [2.05, 4.69) is 15.9 Å². The Kier molecular flexibility index (Phi) is 3.69. The molecule has 3 rings (SSSR count). The van der Waals surface area contributed by atoms with E-state index in [9.17, 15) is 8.78 Å². The smallest absolute Gasteiger partial charge is 0.142 e. The molecule has 0 fully saturated rings. The molecule has 1 heterocycles. The van der Waals surface area contributed by atoms with Gasteiger partial charge in [-0.1, -0.05) is 39.7 Å². The molecular formula is C15H10BrClF2O. The van der Waals surface area contributed by atoms with E-state index in [1.165, 1.54) is 0 Å². The van der Waals surface area contributed by atoms with Gasteiger partial charge in [0.1, 0.15) is 17.4 Å². The van der Waals surface area contributed by atoms with E-state index in [1.54, 1.807) is 0 Å². The molecule has 2 aromatic rings. The summed E-state index contributed by atoms with van der Waals surface area (Å²) < 4.78 is 32.9. The lowest BCUT2D eigenvalue weighted by atomic mass is 10.0. The highest BCUT2D eigenvalue weighted by molar-refractivity contribution is 9.09. The first-order valence-corrected chi connectivity index (χ1v) is 7.40. The van der Waals surface area contributed by atoms with Crippen LogP contribution in [0, 0.1) is 11.6 Å². The normalized spacial score (nSPS) is 14.8. The van der Waals surface area contributed by atoms with Gasteiger partial charge in [-0.2, -0.15) is 0 Å². The van der Waals surface area contributed by atoms with Gasteiger partial charge in [0, 0.05) is 12.0 Å². The van der Waals surface area contributed by atoms with Gasteiger partial charge in [0.15, 0.2) is 0 Å². The molecule has 0 spiro atoms. The minimum Gasteiger partial charge on any atom is -0.493 e. The highest BCUT2D eigenvalue weighted by Crippen LogP contribution is 2.37. The third kappa shape index (κ3) is 2.42. The second-order valence-corrected chi connectivity index (χ2v) is 5.94. The van der Waals surface area contributed by atoms with Crippen LogP contribution in [0.4, 0.5) is 8.78 Å². The average molecular weight is 360 g/mol. The van der Waals surface area contributed by atoms with Crippen molar-refractivity contribution < 1.29 is 13.5 Å². The van der Waals surface area contributed by atoms with Crippen LogP contribution in [0.5, 0.6) is 5.75 Å². The van der Waals surface area contributed by atoms with Crippen molar-refractivity contribution in [1.82, 2.24) is 0 Å². The lowest BCUT2D eigenvalue weighted by Crippen LogP contribution is -1.99. The Balaban J connectivity index is 2.00. The van der Waals surface area contributed by atoms with Crippen molar-refractivity contribution >= 4 is 27.5 Å². The largest absolute Gasteiger partial charge is 0.493 e. The maximum absolute atomic E-state index is 13.9. The summed E-state index contributed by atoms with van der Waals surface area (Å²) >= 11 is 8.99. The van der Waals surface area contributed by atoms with E-state index < -0.39 is 16.5 Å². The zero-order valence-corrected chi connectivity index (χ0v) is 12.6. The van der Waals surface area contributed by atoms with Crippen LogP contribution in [0.2, 0.25) is 5.02 Å². The average Bonchev–Trinajstić information content (AvgIpc) is 2.89. The van der Waals surface area contributed by atoms with Crippen LogP contribution in [0.25, 0.3) is 0 Å². The van der Waals surface area contributed by atoms with E-state index in [4.69, 9.17) is 16.3 Å².